The molecule has 0 saturated carbocycles. The molecule has 0 aliphatic heterocycles. The minimum absolute atomic E-state index is 0.0338. The zero-order chi connectivity index (χ0) is 11.4. The van der Waals surface area contributed by atoms with Crippen LogP contribution in [0.5, 0.6) is 0 Å². The maximum absolute atomic E-state index is 11.6. The Morgan fingerprint density at radius 2 is 1.93 bits per heavy atom. The van der Waals surface area contributed by atoms with E-state index in [4.69, 9.17) is 5.73 Å². The Labute approximate surface area is 85.0 Å². The molecule has 0 bridgehead atoms. The summed E-state index contributed by atoms with van der Waals surface area (Å²) in [6.07, 6.45) is 0. The number of carbonyl (C=O) groups is 1. The van der Waals surface area contributed by atoms with Crippen molar-refractivity contribution in [1.29, 1.82) is 0 Å². The first-order chi connectivity index (χ1) is 6.37. The Bertz CT molecular complexity index is 287. The molecule has 0 aliphatic rings. The van der Waals surface area contributed by atoms with Crippen LogP contribution >= 0.6 is 0 Å². The number of sulfone groups is 1. The molecule has 0 rings (SSSR count). The summed E-state index contributed by atoms with van der Waals surface area (Å²) in [5, 5.41) is 0.764. The highest BCUT2D eigenvalue weighted by molar-refractivity contribution is 7.93. The quantitative estimate of drug-likeness (QED) is 0.642. The first-order valence-electron chi connectivity index (χ1n) is 4.58. The van der Waals surface area contributed by atoms with Gasteiger partial charge in [-0.2, -0.15) is 0 Å². The lowest BCUT2D eigenvalue weighted by atomic mass is 10.4. The molecule has 0 saturated heterocycles. The van der Waals surface area contributed by atoms with Gasteiger partial charge in [-0.25, -0.2) is 8.42 Å². The van der Waals surface area contributed by atoms with Gasteiger partial charge in [-0.1, -0.05) is 0 Å². The highest BCUT2D eigenvalue weighted by Crippen LogP contribution is 2.08. The van der Waals surface area contributed by atoms with Crippen molar-refractivity contribution in [3.8, 4) is 0 Å². The van der Waals surface area contributed by atoms with Gasteiger partial charge in [-0.15, -0.1) is 0 Å². The smallest absolute Gasteiger partial charge is 0.238 e. The number of carbonyl (C=O) groups excluding carboxylic acids is 1. The SMILES string of the molecule is CCNC(=O)C(C)S(=O)(=O)C(C)CN. The molecule has 84 valence electrons. The van der Waals surface area contributed by atoms with Crippen molar-refractivity contribution in [1.82, 2.24) is 5.32 Å². The largest absolute Gasteiger partial charge is 0.355 e. The minimum Gasteiger partial charge on any atom is -0.355 e. The molecule has 14 heavy (non-hydrogen) atoms. The summed E-state index contributed by atoms with van der Waals surface area (Å²) >= 11 is 0. The van der Waals surface area contributed by atoms with E-state index in [0.717, 1.165) is 0 Å². The van der Waals surface area contributed by atoms with E-state index in [-0.39, 0.29) is 6.54 Å². The van der Waals surface area contributed by atoms with Crippen LogP contribution in [0.15, 0.2) is 0 Å². The van der Waals surface area contributed by atoms with E-state index in [1.807, 2.05) is 0 Å². The van der Waals surface area contributed by atoms with Crippen molar-refractivity contribution < 1.29 is 13.2 Å². The summed E-state index contributed by atoms with van der Waals surface area (Å²) in [4.78, 5) is 11.3. The summed E-state index contributed by atoms with van der Waals surface area (Å²) in [6, 6.07) is 0. The molecule has 0 fully saturated rings. The summed E-state index contributed by atoms with van der Waals surface area (Å²) in [5.41, 5.74) is 5.26. The Morgan fingerprint density at radius 1 is 1.43 bits per heavy atom. The summed E-state index contributed by atoms with van der Waals surface area (Å²) in [7, 11) is -3.45. The lowest BCUT2D eigenvalue weighted by Gasteiger charge is -2.16. The first kappa shape index (κ1) is 13.4. The Balaban J connectivity index is 4.67. The second-order valence-electron chi connectivity index (χ2n) is 3.17. The summed E-state index contributed by atoms with van der Waals surface area (Å²) in [6.45, 7) is 5.09. The molecular formula is C8H18N2O3S. The molecule has 0 spiro atoms. The molecule has 0 radical (unpaired) electrons. The van der Waals surface area contributed by atoms with Crippen molar-refractivity contribution in [2.45, 2.75) is 31.3 Å². The summed E-state index contributed by atoms with van der Waals surface area (Å²) in [5.74, 6) is -0.465. The minimum atomic E-state index is -3.45. The van der Waals surface area contributed by atoms with E-state index in [1.54, 1.807) is 6.92 Å². The van der Waals surface area contributed by atoms with Crippen molar-refractivity contribution >= 4 is 15.7 Å². The molecule has 0 aromatic carbocycles. The standard InChI is InChI=1S/C8H18N2O3S/c1-4-10-8(11)7(3)14(12,13)6(2)5-9/h6-7H,4-5,9H2,1-3H3,(H,10,11). The fourth-order valence-corrected chi connectivity index (χ4v) is 2.30. The van der Waals surface area contributed by atoms with E-state index in [0.29, 0.717) is 6.54 Å². The number of rotatable bonds is 5. The van der Waals surface area contributed by atoms with Crippen LogP contribution in [0.4, 0.5) is 0 Å². The molecular weight excluding hydrogens is 204 g/mol. The third kappa shape index (κ3) is 2.95. The van der Waals surface area contributed by atoms with Gasteiger partial charge in [0.15, 0.2) is 9.84 Å². The van der Waals surface area contributed by atoms with Crippen molar-refractivity contribution in [2.24, 2.45) is 5.73 Å². The number of hydrogen-bond donors (Lipinski definition) is 2. The Hall–Kier alpha value is -0.620. The van der Waals surface area contributed by atoms with Crippen molar-refractivity contribution in [3.05, 3.63) is 0 Å². The average molecular weight is 222 g/mol. The van der Waals surface area contributed by atoms with Gasteiger partial charge in [0.25, 0.3) is 0 Å². The van der Waals surface area contributed by atoms with Gasteiger partial charge in [0.2, 0.25) is 5.91 Å². The fourth-order valence-electron chi connectivity index (χ4n) is 0.950. The highest BCUT2D eigenvalue weighted by Gasteiger charge is 2.31. The van der Waals surface area contributed by atoms with Crippen LogP contribution in [0.2, 0.25) is 0 Å². The highest BCUT2D eigenvalue weighted by atomic mass is 32.2. The zero-order valence-electron chi connectivity index (χ0n) is 8.78. The van der Waals surface area contributed by atoms with Gasteiger partial charge in [0.1, 0.15) is 5.25 Å². The fraction of sp³-hybridized carbons (Fsp3) is 0.875. The van der Waals surface area contributed by atoms with E-state index < -0.39 is 26.2 Å². The lowest BCUT2D eigenvalue weighted by Crippen LogP contribution is -2.43. The zero-order valence-corrected chi connectivity index (χ0v) is 9.60. The molecule has 3 N–H and O–H groups in total. The predicted octanol–water partition coefficient (Wildman–Crippen LogP) is -0.727. The van der Waals surface area contributed by atoms with E-state index in [2.05, 4.69) is 5.32 Å². The average Bonchev–Trinajstić information content (AvgIpc) is 2.15. The molecule has 2 atom stereocenters. The van der Waals surface area contributed by atoms with E-state index in [1.165, 1.54) is 13.8 Å². The third-order valence-electron chi connectivity index (χ3n) is 2.11. The topological polar surface area (TPSA) is 89.3 Å². The first-order valence-corrected chi connectivity index (χ1v) is 6.19. The normalized spacial score (nSPS) is 16.0. The maximum atomic E-state index is 11.6. The second kappa shape index (κ2) is 5.31. The van der Waals surface area contributed by atoms with Crippen molar-refractivity contribution in [3.63, 3.8) is 0 Å². The van der Waals surface area contributed by atoms with Crippen LogP contribution in [0, 0.1) is 0 Å². The predicted molar refractivity (Wildman–Crippen MR) is 55.6 cm³/mol. The molecule has 5 nitrogen and oxygen atoms in total. The molecule has 6 heteroatoms. The second-order valence-corrected chi connectivity index (χ2v) is 5.86. The number of amides is 1. The van der Waals surface area contributed by atoms with Crippen molar-refractivity contribution in [2.75, 3.05) is 13.1 Å². The van der Waals surface area contributed by atoms with Gasteiger partial charge in [0, 0.05) is 13.1 Å². The van der Waals surface area contributed by atoms with Crippen LogP contribution in [-0.2, 0) is 14.6 Å². The summed E-state index contributed by atoms with van der Waals surface area (Å²) < 4.78 is 23.3. The molecule has 2 unspecified atom stereocenters. The lowest BCUT2D eigenvalue weighted by molar-refractivity contribution is -0.120. The van der Waals surface area contributed by atoms with Crippen LogP contribution in [0.25, 0.3) is 0 Å². The van der Waals surface area contributed by atoms with Gasteiger partial charge < -0.3 is 11.1 Å². The van der Waals surface area contributed by atoms with Gasteiger partial charge in [-0.3, -0.25) is 4.79 Å². The molecule has 0 aromatic rings. The van der Waals surface area contributed by atoms with Crippen LogP contribution < -0.4 is 11.1 Å². The molecule has 0 heterocycles. The van der Waals surface area contributed by atoms with Crippen LogP contribution in [0.3, 0.4) is 0 Å². The molecule has 1 amide bonds. The van der Waals surface area contributed by atoms with Gasteiger partial charge in [-0.05, 0) is 20.8 Å². The molecule has 0 aliphatic carbocycles. The van der Waals surface area contributed by atoms with Gasteiger partial charge in [0.05, 0.1) is 5.25 Å². The number of nitrogens with one attached hydrogen (secondary N) is 1. The van der Waals surface area contributed by atoms with Crippen LogP contribution in [0.1, 0.15) is 20.8 Å². The third-order valence-corrected chi connectivity index (χ3v) is 4.62. The number of nitrogens with two attached hydrogens (primary N) is 1. The van der Waals surface area contributed by atoms with Crippen LogP contribution in [-0.4, -0.2) is 37.9 Å². The molecule has 0 aromatic heterocycles. The number of hydrogen-bond acceptors (Lipinski definition) is 4. The maximum Gasteiger partial charge on any atom is 0.238 e. The van der Waals surface area contributed by atoms with Gasteiger partial charge >= 0.3 is 0 Å². The Kier molecular flexibility index (Phi) is 5.07. The monoisotopic (exact) mass is 222 g/mol. The van der Waals surface area contributed by atoms with E-state index in [9.17, 15) is 13.2 Å². The Morgan fingerprint density at radius 3 is 2.29 bits per heavy atom. The van der Waals surface area contributed by atoms with E-state index >= 15 is 0 Å².